The van der Waals surface area contributed by atoms with Gasteiger partial charge in [0.15, 0.2) is 0 Å². The van der Waals surface area contributed by atoms with Gasteiger partial charge in [0.05, 0.1) is 0 Å². The molecule has 0 spiro atoms. The Kier molecular flexibility index (Phi) is 6.74. The molecule has 0 unspecified atom stereocenters. The molecule has 0 atom stereocenters. The van der Waals surface area contributed by atoms with Crippen LogP contribution >= 0.6 is 0 Å². The molecule has 2 aromatic carbocycles. The molecule has 0 saturated carbocycles. The van der Waals surface area contributed by atoms with Crippen molar-refractivity contribution in [3.05, 3.63) is 95.3 Å². The zero-order valence-corrected chi connectivity index (χ0v) is 16.7. The number of nitrogens with one attached hydrogen (secondary N) is 2. The first-order valence-corrected chi connectivity index (χ1v) is 9.74. The van der Waals surface area contributed by atoms with Crippen molar-refractivity contribution in [3.63, 3.8) is 0 Å². The first kappa shape index (κ1) is 20.3. The van der Waals surface area contributed by atoms with Crippen molar-refractivity contribution in [2.45, 2.75) is 26.2 Å². The van der Waals surface area contributed by atoms with Crippen LogP contribution in [-0.4, -0.2) is 23.3 Å². The number of benzene rings is 2. The third-order valence-corrected chi connectivity index (χ3v) is 4.59. The second-order valence-corrected chi connectivity index (χ2v) is 7.10. The smallest absolute Gasteiger partial charge is 0.274 e. The highest BCUT2D eigenvalue weighted by atomic mass is 16.2. The highest BCUT2D eigenvalue weighted by Crippen LogP contribution is 2.24. The lowest BCUT2D eigenvalue weighted by molar-refractivity contribution is 0.0949. The summed E-state index contributed by atoms with van der Waals surface area (Å²) in [5, 5.41) is 5.76. The third kappa shape index (κ3) is 5.51. The summed E-state index contributed by atoms with van der Waals surface area (Å²) in [6, 6.07) is 22.5. The normalized spacial score (nSPS) is 10.6. The third-order valence-electron chi connectivity index (χ3n) is 4.59. The van der Waals surface area contributed by atoms with E-state index in [0.717, 1.165) is 23.2 Å². The van der Waals surface area contributed by atoms with E-state index in [4.69, 9.17) is 0 Å². The number of hydrogen-bond donors (Lipinski definition) is 2. The van der Waals surface area contributed by atoms with Crippen molar-refractivity contribution >= 4 is 17.5 Å². The van der Waals surface area contributed by atoms with Crippen LogP contribution in [0.4, 0.5) is 5.69 Å². The largest absolute Gasteiger partial charge is 0.350 e. The Hall–Kier alpha value is -3.47. The van der Waals surface area contributed by atoms with E-state index in [1.54, 1.807) is 18.2 Å². The van der Waals surface area contributed by atoms with E-state index in [1.165, 1.54) is 0 Å². The van der Waals surface area contributed by atoms with E-state index in [2.05, 4.69) is 29.5 Å². The summed E-state index contributed by atoms with van der Waals surface area (Å²) in [4.78, 5) is 29.3. The molecule has 2 amide bonds. The Morgan fingerprint density at radius 2 is 1.48 bits per heavy atom. The minimum Gasteiger partial charge on any atom is -0.350 e. The fourth-order valence-electron chi connectivity index (χ4n) is 3.04. The summed E-state index contributed by atoms with van der Waals surface area (Å²) < 4.78 is 0. The van der Waals surface area contributed by atoms with Crippen LogP contribution in [0.5, 0.6) is 0 Å². The molecule has 0 aliphatic heterocycles. The van der Waals surface area contributed by atoms with E-state index in [0.29, 0.717) is 6.54 Å². The minimum absolute atomic E-state index is 0.208. The van der Waals surface area contributed by atoms with Gasteiger partial charge in [0.2, 0.25) is 0 Å². The van der Waals surface area contributed by atoms with Gasteiger partial charge in [-0.25, -0.2) is 4.98 Å². The van der Waals surface area contributed by atoms with Crippen LogP contribution in [0.15, 0.2) is 72.8 Å². The fraction of sp³-hybridized carbons (Fsp3) is 0.208. The Balaban J connectivity index is 1.64. The maximum Gasteiger partial charge on any atom is 0.274 e. The monoisotopic (exact) mass is 387 g/mol. The molecule has 1 heterocycles. The summed E-state index contributed by atoms with van der Waals surface area (Å²) in [5.41, 5.74) is 3.39. The molecule has 0 radical (unpaired) electrons. The number of pyridine rings is 1. The Morgan fingerprint density at radius 1 is 0.828 bits per heavy atom. The number of carbonyl (C=O) groups is 2. The Morgan fingerprint density at radius 3 is 2.21 bits per heavy atom. The number of nitrogens with zero attached hydrogens (tertiary/aromatic N) is 1. The molecule has 0 bridgehead atoms. The Bertz CT molecular complexity index is 984. The van der Waals surface area contributed by atoms with Crippen LogP contribution in [0.2, 0.25) is 0 Å². The van der Waals surface area contributed by atoms with Crippen molar-refractivity contribution in [1.82, 2.24) is 10.3 Å². The average Bonchev–Trinajstić information content (AvgIpc) is 2.74. The van der Waals surface area contributed by atoms with Gasteiger partial charge >= 0.3 is 0 Å². The van der Waals surface area contributed by atoms with Gasteiger partial charge in [-0.2, -0.15) is 0 Å². The molecule has 5 heteroatoms. The van der Waals surface area contributed by atoms with Gasteiger partial charge in [-0.1, -0.05) is 68.4 Å². The molecule has 0 aliphatic carbocycles. The second kappa shape index (κ2) is 9.64. The Labute approximate surface area is 171 Å². The minimum atomic E-state index is -0.336. The van der Waals surface area contributed by atoms with E-state index < -0.39 is 0 Å². The zero-order chi connectivity index (χ0) is 20.6. The van der Waals surface area contributed by atoms with E-state index in [-0.39, 0.29) is 29.1 Å². The van der Waals surface area contributed by atoms with Crippen molar-refractivity contribution in [1.29, 1.82) is 0 Å². The summed E-state index contributed by atoms with van der Waals surface area (Å²) >= 11 is 0. The van der Waals surface area contributed by atoms with Crippen LogP contribution in [0.25, 0.3) is 0 Å². The van der Waals surface area contributed by atoms with Gasteiger partial charge in [-0.05, 0) is 41.7 Å². The molecule has 0 saturated heterocycles. The lowest BCUT2D eigenvalue weighted by Gasteiger charge is -2.13. The fourth-order valence-corrected chi connectivity index (χ4v) is 3.04. The van der Waals surface area contributed by atoms with Gasteiger partial charge in [0.25, 0.3) is 11.8 Å². The summed E-state index contributed by atoms with van der Waals surface area (Å²) in [7, 11) is 0. The molecule has 29 heavy (non-hydrogen) atoms. The molecular formula is C24H25N3O2. The molecule has 2 N–H and O–H groups in total. The summed E-state index contributed by atoms with van der Waals surface area (Å²) in [5.74, 6) is -0.351. The molecule has 3 aromatic rings. The van der Waals surface area contributed by atoms with Gasteiger partial charge in [0, 0.05) is 12.2 Å². The van der Waals surface area contributed by atoms with Crippen molar-refractivity contribution in [2.75, 3.05) is 11.9 Å². The first-order chi connectivity index (χ1) is 14.0. The number of anilines is 1. The predicted octanol–water partition coefficient (Wildman–Crippen LogP) is 4.43. The lowest BCUT2D eigenvalue weighted by Crippen LogP contribution is -2.27. The number of para-hydroxylation sites is 1. The molecular weight excluding hydrogens is 362 g/mol. The average molecular weight is 387 g/mol. The predicted molar refractivity (Wildman–Crippen MR) is 115 cm³/mol. The SMILES string of the molecule is CC(C)c1ccccc1NC(=O)c1cccc(C(=O)NCCc2ccccc2)n1. The molecule has 0 aliphatic rings. The van der Waals surface area contributed by atoms with Crippen LogP contribution in [0.1, 0.15) is 51.9 Å². The molecule has 5 nitrogen and oxygen atoms in total. The molecule has 0 fully saturated rings. The van der Waals surface area contributed by atoms with Crippen molar-refractivity contribution in [2.24, 2.45) is 0 Å². The molecule has 3 rings (SSSR count). The highest BCUT2D eigenvalue weighted by molar-refractivity contribution is 6.04. The van der Waals surface area contributed by atoms with Crippen LogP contribution in [0, 0.1) is 0 Å². The van der Waals surface area contributed by atoms with Gasteiger partial charge in [-0.3, -0.25) is 9.59 Å². The lowest BCUT2D eigenvalue weighted by atomic mass is 10.0. The van der Waals surface area contributed by atoms with Crippen LogP contribution < -0.4 is 10.6 Å². The first-order valence-electron chi connectivity index (χ1n) is 9.74. The van der Waals surface area contributed by atoms with Crippen molar-refractivity contribution < 1.29 is 9.59 Å². The number of aromatic nitrogens is 1. The van der Waals surface area contributed by atoms with Gasteiger partial charge in [-0.15, -0.1) is 0 Å². The van der Waals surface area contributed by atoms with Gasteiger partial charge in [0.1, 0.15) is 11.4 Å². The quantitative estimate of drug-likeness (QED) is 0.630. The number of carbonyl (C=O) groups excluding carboxylic acids is 2. The van der Waals surface area contributed by atoms with Crippen LogP contribution in [0.3, 0.4) is 0 Å². The summed E-state index contributed by atoms with van der Waals surface area (Å²) in [6.45, 7) is 4.65. The maximum atomic E-state index is 12.7. The number of hydrogen-bond acceptors (Lipinski definition) is 3. The maximum absolute atomic E-state index is 12.7. The standard InChI is InChI=1S/C24H25N3O2/c1-17(2)19-11-6-7-12-20(19)27-24(29)22-14-8-13-21(26-22)23(28)25-16-15-18-9-4-3-5-10-18/h3-14,17H,15-16H2,1-2H3,(H,25,28)(H,27,29). The van der Waals surface area contributed by atoms with E-state index in [9.17, 15) is 9.59 Å². The van der Waals surface area contributed by atoms with Crippen molar-refractivity contribution in [3.8, 4) is 0 Å². The number of rotatable bonds is 7. The number of amides is 2. The molecule has 1 aromatic heterocycles. The van der Waals surface area contributed by atoms with Crippen LogP contribution in [-0.2, 0) is 6.42 Å². The molecule has 148 valence electrons. The second-order valence-electron chi connectivity index (χ2n) is 7.10. The summed E-state index contributed by atoms with van der Waals surface area (Å²) in [6.07, 6.45) is 0.735. The zero-order valence-electron chi connectivity index (χ0n) is 16.7. The van der Waals surface area contributed by atoms with E-state index >= 15 is 0 Å². The topological polar surface area (TPSA) is 71.1 Å². The van der Waals surface area contributed by atoms with Gasteiger partial charge < -0.3 is 10.6 Å². The highest BCUT2D eigenvalue weighted by Gasteiger charge is 2.14. The van der Waals surface area contributed by atoms with E-state index in [1.807, 2.05) is 54.6 Å².